The fourth-order valence-corrected chi connectivity index (χ4v) is 3.15. The number of nitrogens with two attached hydrogens (primary N) is 1. The number of halogens is 1. The highest BCUT2D eigenvalue weighted by Gasteiger charge is 2.11. The molecule has 124 valence electrons. The molecule has 25 heavy (non-hydrogen) atoms. The summed E-state index contributed by atoms with van der Waals surface area (Å²) < 4.78 is 7.54. The monoisotopic (exact) mass is 349 g/mol. The number of ether oxygens (including phenoxy) is 1. The Morgan fingerprint density at radius 2 is 1.92 bits per heavy atom. The number of nitrogen functional groups attached to an aromatic ring is 1. The number of hydrogen-bond acceptors (Lipinski definition) is 3. The Bertz CT molecular complexity index is 1070. The molecule has 0 unspecified atom stereocenters. The highest BCUT2D eigenvalue weighted by Crippen LogP contribution is 2.34. The van der Waals surface area contributed by atoms with E-state index in [1.165, 1.54) is 0 Å². The number of nitrogens with zero attached hydrogens (tertiary/aromatic N) is 2. The van der Waals surface area contributed by atoms with Gasteiger partial charge >= 0.3 is 0 Å². The van der Waals surface area contributed by atoms with Gasteiger partial charge in [-0.15, -0.1) is 0 Å². The zero-order chi connectivity index (χ0) is 17.4. The molecule has 4 aromatic rings. The van der Waals surface area contributed by atoms with Crippen LogP contribution in [-0.4, -0.2) is 16.7 Å². The molecule has 5 heteroatoms. The summed E-state index contributed by atoms with van der Waals surface area (Å²) in [4.78, 5) is 4.45. The van der Waals surface area contributed by atoms with Crippen molar-refractivity contribution >= 4 is 28.3 Å². The van der Waals surface area contributed by atoms with Crippen molar-refractivity contribution < 1.29 is 4.74 Å². The van der Waals surface area contributed by atoms with E-state index < -0.39 is 0 Å². The van der Waals surface area contributed by atoms with Gasteiger partial charge in [-0.1, -0.05) is 23.7 Å². The molecule has 4 rings (SSSR count). The number of anilines is 1. The first kappa shape index (κ1) is 15.5. The smallest absolute Gasteiger partial charge is 0.126 e. The zero-order valence-corrected chi connectivity index (χ0v) is 14.4. The summed E-state index contributed by atoms with van der Waals surface area (Å²) in [6, 6.07) is 19.4. The third-order valence-electron chi connectivity index (χ3n) is 4.17. The van der Waals surface area contributed by atoms with E-state index in [1.807, 2.05) is 59.2 Å². The molecule has 0 atom stereocenters. The molecule has 0 spiro atoms. The van der Waals surface area contributed by atoms with E-state index >= 15 is 0 Å². The second-order valence-corrected chi connectivity index (χ2v) is 6.19. The van der Waals surface area contributed by atoms with Crippen LogP contribution in [0.3, 0.4) is 0 Å². The van der Waals surface area contributed by atoms with Crippen molar-refractivity contribution in [3.05, 3.63) is 72.0 Å². The molecule has 1 heterocycles. The van der Waals surface area contributed by atoms with Crippen LogP contribution in [-0.2, 0) is 0 Å². The zero-order valence-electron chi connectivity index (χ0n) is 13.6. The minimum atomic E-state index is 0.686. The number of aromatic nitrogens is 2. The van der Waals surface area contributed by atoms with Crippen LogP contribution in [0.15, 0.2) is 67.0 Å². The second kappa shape index (κ2) is 6.15. The summed E-state index contributed by atoms with van der Waals surface area (Å²) in [5.41, 5.74) is 11.4. The molecule has 0 aliphatic carbocycles. The maximum Gasteiger partial charge on any atom is 0.126 e. The highest BCUT2D eigenvalue weighted by atomic mass is 35.5. The van der Waals surface area contributed by atoms with Crippen LogP contribution in [0.1, 0.15) is 0 Å². The molecule has 0 bridgehead atoms. The summed E-state index contributed by atoms with van der Waals surface area (Å²) in [5.74, 6) is 0.787. The number of rotatable bonds is 3. The fourth-order valence-electron chi connectivity index (χ4n) is 2.96. The molecule has 2 N–H and O–H groups in total. The SMILES string of the molecule is COc1ccc(-n2cnc3ccc(N)cc32)cc1-c1cccc(Cl)c1. The predicted molar refractivity (Wildman–Crippen MR) is 102 cm³/mol. The molecule has 1 aromatic heterocycles. The Labute approximate surface area is 150 Å². The Morgan fingerprint density at radius 1 is 1.04 bits per heavy atom. The molecule has 0 fully saturated rings. The third-order valence-corrected chi connectivity index (χ3v) is 4.40. The first-order valence-electron chi connectivity index (χ1n) is 7.82. The maximum atomic E-state index is 6.16. The Balaban J connectivity index is 1.91. The lowest BCUT2D eigenvalue weighted by Gasteiger charge is -2.12. The second-order valence-electron chi connectivity index (χ2n) is 5.76. The van der Waals surface area contributed by atoms with Gasteiger partial charge in [0, 0.05) is 22.0 Å². The van der Waals surface area contributed by atoms with E-state index in [4.69, 9.17) is 22.1 Å². The van der Waals surface area contributed by atoms with Crippen molar-refractivity contribution in [3.63, 3.8) is 0 Å². The number of benzene rings is 3. The molecule has 4 nitrogen and oxygen atoms in total. The first-order chi connectivity index (χ1) is 12.2. The van der Waals surface area contributed by atoms with E-state index in [-0.39, 0.29) is 0 Å². The van der Waals surface area contributed by atoms with E-state index in [9.17, 15) is 0 Å². The van der Waals surface area contributed by atoms with Gasteiger partial charge in [0.15, 0.2) is 0 Å². The average Bonchev–Trinajstić information content (AvgIpc) is 3.04. The van der Waals surface area contributed by atoms with Crippen LogP contribution < -0.4 is 10.5 Å². The fraction of sp³-hybridized carbons (Fsp3) is 0.0500. The normalized spacial score (nSPS) is 11.0. The van der Waals surface area contributed by atoms with Gasteiger partial charge in [0.2, 0.25) is 0 Å². The largest absolute Gasteiger partial charge is 0.496 e. The van der Waals surface area contributed by atoms with Crippen molar-refractivity contribution in [1.29, 1.82) is 0 Å². The highest BCUT2D eigenvalue weighted by molar-refractivity contribution is 6.30. The van der Waals surface area contributed by atoms with Crippen molar-refractivity contribution in [2.24, 2.45) is 0 Å². The molecule has 0 saturated heterocycles. The summed E-state index contributed by atoms with van der Waals surface area (Å²) in [7, 11) is 1.66. The Kier molecular flexibility index (Phi) is 3.82. The van der Waals surface area contributed by atoms with Crippen molar-refractivity contribution in [2.45, 2.75) is 0 Å². The summed E-state index contributed by atoms with van der Waals surface area (Å²) in [6.07, 6.45) is 1.80. The number of methoxy groups -OCH3 is 1. The van der Waals surface area contributed by atoms with Crippen LogP contribution in [0.4, 0.5) is 5.69 Å². The molecular weight excluding hydrogens is 334 g/mol. The lowest BCUT2D eigenvalue weighted by molar-refractivity contribution is 0.416. The van der Waals surface area contributed by atoms with Crippen molar-refractivity contribution in [2.75, 3.05) is 12.8 Å². The van der Waals surface area contributed by atoms with Gasteiger partial charge in [-0.25, -0.2) is 4.98 Å². The minimum absolute atomic E-state index is 0.686. The van der Waals surface area contributed by atoms with E-state index in [0.717, 1.165) is 33.6 Å². The molecule has 0 saturated carbocycles. The lowest BCUT2D eigenvalue weighted by atomic mass is 10.0. The van der Waals surface area contributed by atoms with Gasteiger partial charge in [-0.2, -0.15) is 0 Å². The van der Waals surface area contributed by atoms with Gasteiger partial charge in [0.05, 0.1) is 18.1 Å². The van der Waals surface area contributed by atoms with Crippen molar-refractivity contribution in [3.8, 4) is 22.6 Å². The van der Waals surface area contributed by atoms with Gasteiger partial charge < -0.3 is 10.5 Å². The average molecular weight is 350 g/mol. The van der Waals surface area contributed by atoms with Gasteiger partial charge in [-0.3, -0.25) is 4.57 Å². The Hall–Kier alpha value is -2.98. The van der Waals surface area contributed by atoms with Gasteiger partial charge in [0.25, 0.3) is 0 Å². The van der Waals surface area contributed by atoms with Gasteiger partial charge in [0.1, 0.15) is 12.1 Å². The number of fused-ring (bicyclic) bond motifs is 1. The van der Waals surface area contributed by atoms with E-state index in [2.05, 4.69) is 11.1 Å². The quantitative estimate of drug-likeness (QED) is 0.533. The molecule has 0 amide bonds. The lowest BCUT2D eigenvalue weighted by Crippen LogP contribution is -1.95. The molecule has 3 aromatic carbocycles. The number of imidazole rings is 1. The van der Waals surface area contributed by atoms with Crippen LogP contribution >= 0.6 is 11.6 Å². The standard InChI is InChI=1S/C20H16ClN3O/c1-25-20-8-6-16(11-17(20)13-3-2-4-14(21)9-13)24-12-23-18-7-5-15(22)10-19(18)24/h2-12H,22H2,1H3. The topological polar surface area (TPSA) is 53.1 Å². The molecular formula is C20H16ClN3O. The summed E-state index contributed by atoms with van der Waals surface area (Å²) >= 11 is 6.16. The summed E-state index contributed by atoms with van der Waals surface area (Å²) in [5, 5.41) is 0.686. The van der Waals surface area contributed by atoms with Crippen molar-refractivity contribution in [1.82, 2.24) is 9.55 Å². The predicted octanol–water partition coefficient (Wildman–Crippen LogP) is 4.94. The molecule has 0 aliphatic rings. The van der Waals surface area contributed by atoms with E-state index in [0.29, 0.717) is 10.7 Å². The number of hydrogen-bond donors (Lipinski definition) is 1. The van der Waals surface area contributed by atoms with E-state index in [1.54, 1.807) is 13.4 Å². The van der Waals surface area contributed by atoms with Crippen LogP contribution in [0.25, 0.3) is 27.8 Å². The first-order valence-corrected chi connectivity index (χ1v) is 8.20. The van der Waals surface area contributed by atoms with Crippen LogP contribution in [0.5, 0.6) is 5.75 Å². The molecule has 0 aliphatic heterocycles. The maximum absolute atomic E-state index is 6.16. The third kappa shape index (κ3) is 2.81. The van der Waals surface area contributed by atoms with Crippen LogP contribution in [0.2, 0.25) is 5.02 Å². The minimum Gasteiger partial charge on any atom is -0.496 e. The van der Waals surface area contributed by atoms with Gasteiger partial charge in [-0.05, 0) is 54.1 Å². The molecule has 0 radical (unpaired) electrons. The Morgan fingerprint density at radius 3 is 2.72 bits per heavy atom. The summed E-state index contributed by atoms with van der Waals surface area (Å²) in [6.45, 7) is 0. The van der Waals surface area contributed by atoms with Crippen LogP contribution in [0, 0.1) is 0 Å².